The number of nitrogens with zero attached hydrogens (tertiary/aromatic N) is 1. The molecule has 0 aliphatic rings. The van der Waals surface area contributed by atoms with Crippen molar-refractivity contribution >= 4 is 40.6 Å². The summed E-state index contributed by atoms with van der Waals surface area (Å²) >= 11 is 14.8. The van der Waals surface area contributed by atoms with Crippen LogP contribution in [0.2, 0.25) is 0 Å². The van der Waals surface area contributed by atoms with Crippen molar-refractivity contribution in [2.75, 3.05) is 0 Å². The molecule has 44 valence electrons. The van der Waals surface area contributed by atoms with Crippen LogP contribution < -0.4 is 0 Å². The van der Waals surface area contributed by atoms with Crippen LogP contribution in [0, 0.1) is 11.3 Å². The molecule has 0 radical (unpaired) electrons. The lowest BCUT2D eigenvalue weighted by Crippen LogP contribution is -2.15. The first-order valence-electron chi connectivity index (χ1n) is 1.49. The van der Waals surface area contributed by atoms with Crippen LogP contribution in [0.4, 0.5) is 0 Å². The third kappa shape index (κ3) is 2.37. The van der Waals surface area contributed by atoms with Crippen molar-refractivity contribution < 1.29 is 4.79 Å². The first-order valence-corrected chi connectivity index (χ1v) is 2.63. The van der Waals surface area contributed by atoms with Gasteiger partial charge in [0.05, 0.1) is 0 Å². The number of hydrogen-bond acceptors (Lipinski definition) is 2. The fourth-order valence-electron chi connectivity index (χ4n) is 0.0634. The van der Waals surface area contributed by atoms with Gasteiger partial charge in [0.1, 0.15) is 6.07 Å². The number of carbonyl (C=O) groups is 1. The Labute approximate surface area is 60.9 Å². The van der Waals surface area contributed by atoms with E-state index in [1.54, 1.807) is 0 Å². The van der Waals surface area contributed by atoms with Crippen LogP contribution in [0.25, 0.3) is 0 Å². The van der Waals surface area contributed by atoms with E-state index in [4.69, 9.17) is 40.1 Å². The molecule has 0 saturated heterocycles. The number of carbonyl (C=O) groups excluding carboxylic acids is 1. The molecule has 0 spiro atoms. The van der Waals surface area contributed by atoms with Crippen molar-refractivity contribution in [3.05, 3.63) is 0 Å². The lowest BCUT2D eigenvalue weighted by molar-refractivity contribution is -0.113. The van der Waals surface area contributed by atoms with Crippen molar-refractivity contribution in [1.29, 1.82) is 5.26 Å². The van der Waals surface area contributed by atoms with E-state index in [0.29, 0.717) is 0 Å². The van der Waals surface area contributed by atoms with Gasteiger partial charge in [-0.1, -0.05) is 34.8 Å². The first kappa shape index (κ1) is 8.03. The van der Waals surface area contributed by atoms with E-state index >= 15 is 0 Å². The molecule has 5 heteroatoms. The number of ketones is 1. The van der Waals surface area contributed by atoms with Crippen molar-refractivity contribution in [2.45, 2.75) is 3.79 Å². The summed E-state index contributed by atoms with van der Waals surface area (Å²) in [6.07, 6.45) is 0. The topological polar surface area (TPSA) is 40.9 Å². The molecular weight excluding hydrogens is 172 g/mol. The number of Topliss-reactive ketones (excluding diaryl/α,β-unsaturated/α-hetero) is 1. The molecule has 0 saturated carbocycles. The van der Waals surface area contributed by atoms with E-state index in [2.05, 4.69) is 0 Å². The largest absolute Gasteiger partial charge is 0.283 e. The minimum atomic E-state index is -2.07. The van der Waals surface area contributed by atoms with Crippen molar-refractivity contribution in [2.24, 2.45) is 0 Å². The summed E-state index contributed by atoms with van der Waals surface area (Å²) in [6.45, 7) is 0. The fraction of sp³-hybridized carbons (Fsp3) is 0.333. The average Bonchev–Trinajstić information content (AvgIpc) is 1.62. The maximum absolute atomic E-state index is 10.1. The SMILES string of the molecule is N#CC(=O)C(Cl)(Cl)Cl. The summed E-state index contributed by atoms with van der Waals surface area (Å²) in [5.74, 6) is -1.07. The second-order valence-electron chi connectivity index (χ2n) is 0.939. The molecule has 2 nitrogen and oxygen atoms in total. The zero-order valence-electron chi connectivity index (χ0n) is 3.49. The highest BCUT2D eigenvalue weighted by Gasteiger charge is 2.29. The van der Waals surface area contributed by atoms with Crippen LogP contribution in [0.5, 0.6) is 0 Å². The van der Waals surface area contributed by atoms with Gasteiger partial charge in [-0.2, -0.15) is 5.26 Å². The fourth-order valence-corrected chi connectivity index (χ4v) is 0.190. The molecule has 0 aromatic heterocycles. The molecule has 0 rings (SSSR count). The summed E-state index contributed by atoms with van der Waals surface area (Å²) in [4.78, 5) is 10.1. The summed E-state index contributed by atoms with van der Waals surface area (Å²) < 4.78 is -2.07. The Hall–Kier alpha value is 0.0300. The number of halogens is 3. The quantitative estimate of drug-likeness (QED) is 0.410. The minimum absolute atomic E-state index is 1.07. The molecular formula is C3Cl3NO. The molecule has 0 heterocycles. The zero-order valence-corrected chi connectivity index (χ0v) is 5.76. The maximum atomic E-state index is 10.1. The number of nitriles is 1. The third-order valence-corrected chi connectivity index (χ3v) is 0.874. The molecule has 0 atom stereocenters. The summed E-state index contributed by atoms with van der Waals surface area (Å²) in [5, 5.41) is 7.82. The van der Waals surface area contributed by atoms with E-state index in [1.165, 1.54) is 6.07 Å². The van der Waals surface area contributed by atoms with Crippen molar-refractivity contribution in [1.82, 2.24) is 0 Å². The van der Waals surface area contributed by atoms with E-state index in [1.807, 2.05) is 0 Å². The highest BCUT2D eigenvalue weighted by Crippen LogP contribution is 2.26. The molecule has 0 aliphatic heterocycles. The predicted octanol–water partition coefficient (Wildman–Crippen LogP) is 1.45. The molecule has 0 fully saturated rings. The molecule has 0 amide bonds. The van der Waals surface area contributed by atoms with Gasteiger partial charge < -0.3 is 0 Å². The van der Waals surface area contributed by atoms with Gasteiger partial charge in [-0.05, 0) is 0 Å². The minimum Gasteiger partial charge on any atom is -0.278 e. The van der Waals surface area contributed by atoms with Gasteiger partial charge in [0.2, 0.25) is 0 Å². The van der Waals surface area contributed by atoms with E-state index in [-0.39, 0.29) is 0 Å². The van der Waals surface area contributed by atoms with Gasteiger partial charge in [0, 0.05) is 0 Å². The average molecular weight is 172 g/mol. The Morgan fingerprint density at radius 1 is 1.50 bits per heavy atom. The Balaban J connectivity index is 4.09. The third-order valence-electron chi connectivity index (χ3n) is 0.359. The highest BCUT2D eigenvalue weighted by atomic mass is 35.6. The Morgan fingerprint density at radius 3 is 1.88 bits per heavy atom. The van der Waals surface area contributed by atoms with Crippen molar-refractivity contribution in [3.8, 4) is 6.07 Å². The molecule has 0 aliphatic carbocycles. The van der Waals surface area contributed by atoms with E-state index < -0.39 is 9.58 Å². The molecule has 0 bridgehead atoms. The Bertz CT molecular complexity index is 142. The van der Waals surface area contributed by atoms with Gasteiger partial charge in [-0.25, -0.2) is 0 Å². The van der Waals surface area contributed by atoms with Crippen LogP contribution in [0.3, 0.4) is 0 Å². The van der Waals surface area contributed by atoms with Crippen LogP contribution in [-0.4, -0.2) is 9.58 Å². The molecule has 8 heavy (non-hydrogen) atoms. The summed E-state index contributed by atoms with van der Waals surface area (Å²) in [6, 6.07) is 1.17. The molecule has 0 aromatic carbocycles. The number of rotatable bonds is 0. The second-order valence-corrected chi connectivity index (χ2v) is 3.22. The molecule has 0 N–H and O–H groups in total. The Morgan fingerprint density at radius 2 is 1.88 bits per heavy atom. The van der Waals surface area contributed by atoms with Gasteiger partial charge in [0.25, 0.3) is 9.58 Å². The lowest BCUT2D eigenvalue weighted by Gasteiger charge is -1.99. The molecule has 0 unspecified atom stereocenters. The highest BCUT2D eigenvalue weighted by molar-refractivity contribution is 6.77. The number of hydrogen-bond donors (Lipinski definition) is 0. The molecule has 0 aromatic rings. The zero-order chi connectivity index (χ0) is 6.78. The van der Waals surface area contributed by atoms with Crippen LogP contribution in [0.15, 0.2) is 0 Å². The first-order chi connectivity index (χ1) is 3.48. The van der Waals surface area contributed by atoms with Gasteiger partial charge in [-0.15, -0.1) is 0 Å². The van der Waals surface area contributed by atoms with E-state index in [0.717, 1.165) is 0 Å². The van der Waals surface area contributed by atoms with Gasteiger partial charge in [0.15, 0.2) is 0 Å². The normalized spacial score (nSPS) is 10.2. The summed E-state index contributed by atoms with van der Waals surface area (Å²) in [7, 11) is 0. The van der Waals surface area contributed by atoms with Crippen LogP contribution >= 0.6 is 34.8 Å². The summed E-state index contributed by atoms with van der Waals surface area (Å²) in [5.41, 5.74) is 0. The Kier molecular flexibility index (Phi) is 2.55. The van der Waals surface area contributed by atoms with Crippen molar-refractivity contribution in [3.63, 3.8) is 0 Å². The van der Waals surface area contributed by atoms with Gasteiger partial charge in [-0.3, -0.25) is 4.79 Å². The van der Waals surface area contributed by atoms with Crippen LogP contribution in [-0.2, 0) is 4.79 Å². The van der Waals surface area contributed by atoms with Gasteiger partial charge >= 0.3 is 0 Å². The second kappa shape index (κ2) is 2.54. The van der Waals surface area contributed by atoms with Crippen LogP contribution in [0.1, 0.15) is 0 Å². The van der Waals surface area contributed by atoms with E-state index in [9.17, 15) is 4.79 Å². The predicted molar refractivity (Wildman–Crippen MR) is 30.9 cm³/mol. The number of alkyl halides is 3. The maximum Gasteiger partial charge on any atom is 0.283 e. The lowest BCUT2D eigenvalue weighted by atomic mass is 10.5. The standard InChI is InChI=1S/C3Cl3NO/c4-3(5,6)2(8)1-7. The monoisotopic (exact) mass is 171 g/mol. The smallest absolute Gasteiger partial charge is 0.278 e.